The Morgan fingerprint density at radius 2 is 1.89 bits per heavy atom. The molecule has 13 nitrogen and oxygen atoms in total. The number of hydrogen-bond acceptors (Lipinski definition) is 9. The number of nitro groups is 1. The highest BCUT2D eigenvalue weighted by Crippen LogP contribution is 2.60. The van der Waals surface area contributed by atoms with Crippen molar-refractivity contribution in [3.05, 3.63) is 88.0 Å². The topological polar surface area (TPSA) is 155 Å². The molecule has 3 aromatic rings. The fourth-order valence-corrected chi connectivity index (χ4v) is 13.3. The number of aliphatic hydroxyl groups is 1. The van der Waals surface area contributed by atoms with Crippen molar-refractivity contribution >= 4 is 48.0 Å². The van der Waals surface area contributed by atoms with Crippen LogP contribution in [0.1, 0.15) is 37.3 Å². The van der Waals surface area contributed by atoms with Gasteiger partial charge in [-0.1, -0.05) is 49.5 Å². The van der Waals surface area contributed by atoms with Gasteiger partial charge in [0.25, 0.3) is 11.6 Å². The van der Waals surface area contributed by atoms with E-state index in [1.807, 2.05) is 55.5 Å². The number of aliphatic hydroxyl groups excluding tert-OH is 1. The maximum absolute atomic E-state index is 15.2. The van der Waals surface area contributed by atoms with Crippen molar-refractivity contribution in [1.29, 1.82) is 0 Å². The summed E-state index contributed by atoms with van der Waals surface area (Å²) in [6.07, 6.45) is 0.850. The van der Waals surface area contributed by atoms with Gasteiger partial charge in [0.2, 0.25) is 11.8 Å². The van der Waals surface area contributed by atoms with Crippen LogP contribution in [-0.2, 0) is 31.3 Å². The lowest BCUT2D eigenvalue weighted by Crippen LogP contribution is -2.52. The molecule has 3 fully saturated rings. The Balaban J connectivity index is 1.31. The van der Waals surface area contributed by atoms with E-state index in [0.29, 0.717) is 30.9 Å². The number of benzene rings is 3. The van der Waals surface area contributed by atoms with Gasteiger partial charge < -0.3 is 34.6 Å². The van der Waals surface area contributed by atoms with Crippen LogP contribution in [0.4, 0.5) is 17.1 Å². The fourth-order valence-electron chi connectivity index (χ4n) is 9.30. The summed E-state index contributed by atoms with van der Waals surface area (Å²) in [5.74, 6) is -0.265. The van der Waals surface area contributed by atoms with Gasteiger partial charge in [0.15, 0.2) is 5.60 Å². The Morgan fingerprint density at radius 3 is 2.58 bits per heavy atom. The third-order valence-corrected chi connectivity index (χ3v) is 16.3. The molecule has 53 heavy (non-hydrogen) atoms. The molecule has 0 saturated carbocycles. The second kappa shape index (κ2) is 14.3. The van der Waals surface area contributed by atoms with E-state index in [2.05, 4.69) is 18.4 Å². The molecule has 1 spiro atoms. The number of anilines is 2. The first kappa shape index (κ1) is 36.7. The predicted octanol–water partition coefficient (Wildman–Crippen LogP) is 3.68. The number of likely N-dealkylation sites (tertiary alicyclic amines) is 1. The molecule has 0 aliphatic carbocycles. The van der Waals surface area contributed by atoms with Crippen LogP contribution in [-0.4, -0.2) is 92.8 Å². The van der Waals surface area contributed by atoms with Gasteiger partial charge in [0.05, 0.1) is 64.1 Å². The first-order valence-electron chi connectivity index (χ1n) is 18.3. The van der Waals surface area contributed by atoms with Crippen LogP contribution in [0.25, 0.3) is 0 Å². The standard InChI is InChI=1S/C39H47N5O8Si/c1-25-37(53(3,4)31-13-11-30(51-2)12-14-31)34(21-35(46)41-17-6-9-29(41)24-45)52-39(25)32-20-28(44(49)50)10-15-33(32)43(38(39)48)23-26-7-5-8-27(19-26)42-18-16-40-22-36(42)47/h5,7-8,10-15,19-20,25,29,34,37,40,45H,6,9,16-18,21-24H2,1-4H3/t25-,29+,34+,37-,39+/m1/s1. The van der Waals surface area contributed by atoms with E-state index < -0.39 is 30.6 Å². The Hall–Kier alpha value is -4.63. The smallest absolute Gasteiger partial charge is 0.269 e. The molecule has 0 bridgehead atoms. The minimum absolute atomic E-state index is 0.0121. The predicted molar refractivity (Wildman–Crippen MR) is 202 cm³/mol. The van der Waals surface area contributed by atoms with Crippen molar-refractivity contribution in [1.82, 2.24) is 10.2 Å². The second-order valence-electron chi connectivity index (χ2n) is 15.2. The van der Waals surface area contributed by atoms with E-state index in [4.69, 9.17) is 9.47 Å². The highest BCUT2D eigenvalue weighted by molar-refractivity contribution is 6.91. The number of hydrogen-bond donors (Lipinski definition) is 2. The van der Waals surface area contributed by atoms with Crippen molar-refractivity contribution in [3.8, 4) is 5.75 Å². The summed E-state index contributed by atoms with van der Waals surface area (Å²) < 4.78 is 12.5. The Bertz CT molecular complexity index is 1920. The fraction of sp³-hybridized carbons (Fsp3) is 0.462. The monoisotopic (exact) mass is 741 g/mol. The zero-order valence-electron chi connectivity index (χ0n) is 30.6. The van der Waals surface area contributed by atoms with Crippen LogP contribution in [0.3, 0.4) is 0 Å². The molecule has 3 aromatic carbocycles. The summed E-state index contributed by atoms with van der Waals surface area (Å²) in [7, 11) is -0.983. The van der Waals surface area contributed by atoms with Crippen molar-refractivity contribution in [2.24, 2.45) is 5.92 Å². The van der Waals surface area contributed by atoms with Crippen molar-refractivity contribution < 1.29 is 33.9 Å². The molecule has 14 heteroatoms. The quantitative estimate of drug-likeness (QED) is 0.180. The van der Waals surface area contributed by atoms with Gasteiger partial charge in [-0.05, 0) is 54.3 Å². The van der Waals surface area contributed by atoms with E-state index >= 15 is 4.79 Å². The van der Waals surface area contributed by atoms with Gasteiger partial charge in [-0.15, -0.1) is 0 Å². The molecule has 7 rings (SSSR count). The number of nitrogens with zero attached hydrogens (tertiary/aromatic N) is 4. The molecule has 4 aliphatic rings. The highest BCUT2D eigenvalue weighted by atomic mass is 28.3. The molecule has 0 unspecified atom stereocenters. The van der Waals surface area contributed by atoms with E-state index in [9.17, 15) is 24.8 Å². The number of non-ortho nitro benzene ring substituents is 1. The van der Waals surface area contributed by atoms with Crippen LogP contribution in [0, 0.1) is 16.0 Å². The first-order valence-corrected chi connectivity index (χ1v) is 21.4. The number of piperazine rings is 1. The third kappa shape index (κ3) is 6.30. The SMILES string of the molecule is COc1ccc([Si](C)(C)[C@H]2[C@H](CC(=O)N3CCC[C@H]3CO)O[C@@]3(C(=O)N(Cc4cccc(N5CCNCC5=O)c4)c4ccc([N+](=O)[O-])cc43)[C@@H]2C)cc1. The summed E-state index contributed by atoms with van der Waals surface area (Å²) in [5.41, 5.74) is 0.457. The van der Waals surface area contributed by atoms with E-state index in [-0.39, 0.29) is 61.1 Å². The maximum Gasteiger partial charge on any atom is 0.269 e. The van der Waals surface area contributed by atoms with Gasteiger partial charge in [0, 0.05) is 48.9 Å². The number of carbonyl (C=O) groups excluding carboxylic acids is 3. The van der Waals surface area contributed by atoms with Crippen LogP contribution < -0.4 is 25.0 Å². The first-order chi connectivity index (χ1) is 25.4. The second-order valence-corrected chi connectivity index (χ2v) is 19.9. The van der Waals surface area contributed by atoms with Crippen molar-refractivity contribution in [2.45, 2.75) is 69.1 Å². The Morgan fingerprint density at radius 1 is 1.11 bits per heavy atom. The molecule has 3 amide bonds. The number of carbonyl (C=O) groups is 3. The number of amides is 3. The van der Waals surface area contributed by atoms with Gasteiger partial charge in [0.1, 0.15) is 5.75 Å². The zero-order valence-corrected chi connectivity index (χ0v) is 31.6. The van der Waals surface area contributed by atoms with Crippen LogP contribution in [0.15, 0.2) is 66.7 Å². The summed E-state index contributed by atoms with van der Waals surface area (Å²) >= 11 is 0. The Labute approximate surface area is 310 Å². The summed E-state index contributed by atoms with van der Waals surface area (Å²) in [5, 5.41) is 26.4. The van der Waals surface area contributed by atoms with E-state index in [1.165, 1.54) is 12.1 Å². The van der Waals surface area contributed by atoms with Crippen LogP contribution in [0.2, 0.25) is 18.6 Å². The summed E-state index contributed by atoms with van der Waals surface area (Å²) in [6, 6.07) is 19.7. The molecule has 0 aromatic heterocycles. The molecule has 4 aliphatic heterocycles. The largest absolute Gasteiger partial charge is 0.497 e. The zero-order chi connectivity index (χ0) is 37.7. The lowest BCUT2D eigenvalue weighted by molar-refractivity contribution is -0.385. The van der Waals surface area contributed by atoms with Crippen LogP contribution >= 0.6 is 0 Å². The van der Waals surface area contributed by atoms with Crippen molar-refractivity contribution in [3.63, 3.8) is 0 Å². The summed E-state index contributed by atoms with van der Waals surface area (Å²) in [6.45, 7) is 8.44. The van der Waals surface area contributed by atoms with Gasteiger partial charge in [-0.3, -0.25) is 24.5 Å². The minimum atomic E-state index is -2.60. The average molecular weight is 742 g/mol. The average Bonchev–Trinajstić information content (AvgIpc) is 3.82. The van der Waals surface area contributed by atoms with Gasteiger partial charge >= 0.3 is 0 Å². The Kier molecular flexibility index (Phi) is 9.91. The number of nitro benzene ring substituents is 1. The van der Waals surface area contributed by atoms with Crippen molar-refractivity contribution in [2.75, 3.05) is 49.7 Å². The van der Waals surface area contributed by atoms with E-state index in [0.717, 1.165) is 35.0 Å². The third-order valence-electron chi connectivity index (χ3n) is 12.0. The molecular weight excluding hydrogens is 695 g/mol. The highest BCUT2D eigenvalue weighted by Gasteiger charge is 2.67. The number of rotatable bonds is 10. The molecule has 2 N–H and O–H groups in total. The number of nitrogens with one attached hydrogen (secondary N) is 1. The molecule has 3 saturated heterocycles. The normalized spacial score (nSPS) is 25.7. The molecular formula is C39H47N5O8Si. The van der Waals surface area contributed by atoms with Crippen LogP contribution in [0.5, 0.6) is 5.75 Å². The van der Waals surface area contributed by atoms with E-state index in [1.54, 1.807) is 27.9 Å². The molecule has 5 atom stereocenters. The lowest BCUT2D eigenvalue weighted by atomic mass is 9.82. The lowest BCUT2D eigenvalue weighted by Gasteiger charge is -2.37. The number of methoxy groups -OCH3 is 1. The molecule has 280 valence electrons. The minimum Gasteiger partial charge on any atom is -0.497 e. The molecule has 4 heterocycles. The number of fused-ring (bicyclic) bond motifs is 2. The summed E-state index contributed by atoms with van der Waals surface area (Å²) in [4.78, 5) is 58.8. The number of ether oxygens (including phenoxy) is 2. The van der Waals surface area contributed by atoms with Gasteiger partial charge in [-0.25, -0.2) is 0 Å². The van der Waals surface area contributed by atoms with Gasteiger partial charge in [-0.2, -0.15) is 0 Å². The maximum atomic E-state index is 15.2. The molecule has 0 radical (unpaired) electrons.